The molecule has 0 aliphatic rings. The Hall–Kier alpha value is 0.828. The van der Waals surface area contributed by atoms with Gasteiger partial charge in [0, 0.05) is 26.9 Å². The van der Waals surface area contributed by atoms with Crippen LogP contribution in [0.15, 0.2) is 0 Å². The first kappa shape index (κ1) is 5.83. The van der Waals surface area contributed by atoms with Gasteiger partial charge < -0.3 is 4.80 Å². The summed E-state index contributed by atoms with van der Waals surface area (Å²) in [7, 11) is 4.86. The molecule has 0 saturated heterocycles. The first-order valence-corrected chi connectivity index (χ1v) is 7.42. The van der Waals surface area contributed by atoms with Gasteiger partial charge in [0.2, 0.25) is 0 Å². The summed E-state index contributed by atoms with van der Waals surface area (Å²) in [5.74, 6) is 0. The van der Waals surface area contributed by atoms with Crippen molar-refractivity contribution in [3.63, 3.8) is 0 Å². The Labute approximate surface area is 41.6 Å². The van der Waals surface area contributed by atoms with Gasteiger partial charge in [-0.05, 0) is 0 Å². The van der Waals surface area contributed by atoms with Crippen molar-refractivity contribution >= 4 is 36.1 Å². The smallest absolute Gasteiger partial charge is 0.196 e. The summed E-state index contributed by atoms with van der Waals surface area (Å²) < 4.78 is 0. The van der Waals surface area contributed by atoms with Gasteiger partial charge in [-0.25, -0.2) is 0 Å². The van der Waals surface area contributed by atoms with Gasteiger partial charge in [-0.15, -0.1) is 0 Å². The third-order valence-corrected chi connectivity index (χ3v) is 6.57. The summed E-state index contributed by atoms with van der Waals surface area (Å²) in [4.78, 5) is 8.08. The van der Waals surface area contributed by atoms with Crippen LogP contribution in [-0.2, 0) is 0 Å². The highest BCUT2D eigenvalue weighted by molar-refractivity contribution is 7.40. The van der Waals surface area contributed by atoms with E-state index in [0.29, 0.717) is 0 Å². The highest BCUT2D eigenvalue weighted by atomic mass is 29.7. The minimum Gasteiger partial charge on any atom is -0.436 e. The van der Waals surface area contributed by atoms with Crippen molar-refractivity contribution in [2.75, 3.05) is 0 Å². The van der Waals surface area contributed by atoms with Crippen LogP contribution >= 0.6 is 0 Å². The Bertz CT molecular complexity index is 11.1. The average Bonchev–Trinajstić information content (AvgIpc) is 1.41. The van der Waals surface area contributed by atoms with E-state index in [1.54, 1.807) is 0 Å². The zero-order valence-electron chi connectivity index (χ0n) is 2.45. The summed E-state index contributed by atoms with van der Waals surface area (Å²) in [6.07, 6.45) is 0. The molecule has 0 aliphatic heterocycles. The van der Waals surface area contributed by atoms with Crippen molar-refractivity contribution in [3.8, 4) is 0 Å². The lowest BCUT2D eigenvalue weighted by molar-refractivity contribution is 0.621. The zero-order valence-corrected chi connectivity index (χ0v) is 6.45. The third kappa shape index (κ3) is 4.83. The molecule has 5 heteroatoms. The molecule has 0 aromatic rings. The normalized spacial score (nSPS) is 8.40. The Morgan fingerprint density at radius 2 is 2.20 bits per heavy atom. The molecule has 1 N–H and O–H groups in total. The van der Waals surface area contributed by atoms with Gasteiger partial charge >= 0.3 is 0 Å². The number of hydrogen-bond donors (Lipinski definition) is 1. The molecule has 0 amide bonds. The van der Waals surface area contributed by atoms with E-state index in [-0.39, 0.29) is 9.28 Å². The second-order valence-corrected chi connectivity index (χ2v) is 7.76. The molecule has 0 rings (SSSR count). The maximum absolute atomic E-state index is 8.08. The largest absolute Gasteiger partial charge is 0.436 e. The topological polar surface area (TPSA) is 20.2 Å². The summed E-state index contributed by atoms with van der Waals surface area (Å²) in [6.45, 7) is 0. The SMILES string of the molecule is O[Si][Si][Si][Si]. The van der Waals surface area contributed by atoms with Crippen LogP contribution < -0.4 is 0 Å². The molecule has 0 heterocycles. The van der Waals surface area contributed by atoms with E-state index >= 15 is 0 Å². The number of rotatable bonds is 2. The van der Waals surface area contributed by atoms with Gasteiger partial charge in [-0.2, -0.15) is 0 Å². The standard InChI is InChI=1S/HOSi4/c1-3-5-4-2/h1H. The molecule has 0 bridgehead atoms. The summed E-state index contributed by atoms with van der Waals surface area (Å²) in [6, 6.07) is 0. The van der Waals surface area contributed by atoms with Gasteiger partial charge in [0.1, 0.15) is 0 Å². The lowest BCUT2D eigenvalue weighted by atomic mass is 15.9. The van der Waals surface area contributed by atoms with E-state index in [1.165, 1.54) is 0 Å². The highest BCUT2D eigenvalue weighted by Crippen LogP contribution is 1.36. The molecule has 0 atom stereocenters. The van der Waals surface area contributed by atoms with E-state index in [2.05, 4.69) is 9.76 Å². The molecule has 9 radical (unpaired) electrons. The highest BCUT2D eigenvalue weighted by Gasteiger charge is 1.77. The van der Waals surface area contributed by atoms with Crippen LogP contribution in [0, 0.1) is 0 Å². The third-order valence-electron chi connectivity index (χ3n) is 0.118. The van der Waals surface area contributed by atoms with Crippen LogP contribution in [0.2, 0.25) is 0 Å². The number of hydrogen-bond acceptors (Lipinski definition) is 1. The lowest BCUT2D eigenvalue weighted by Gasteiger charge is -1.72. The first-order chi connectivity index (χ1) is 2.41. The van der Waals surface area contributed by atoms with E-state index in [9.17, 15) is 0 Å². The zero-order chi connectivity index (χ0) is 4.12. The Kier molecular flexibility index (Phi) is 5.63. The van der Waals surface area contributed by atoms with Gasteiger partial charge in [0.15, 0.2) is 9.28 Å². The van der Waals surface area contributed by atoms with Crippen LogP contribution in [0.3, 0.4) is 0 Å². The summed E-state index contributed by atoms with van der Waals surface area (Å²) in [5.41, 5.74) is 0. The van der Waals surface area contributed by atoms with E-state index in [4.69, 9.17) is 4.80 Å². The second kappa shape index (κ2) is 4.83. The molecule has 5 heavy (non-hydrogen) atoms. The average molecular weight is 129 g/mol. The molecule has 0 aromatic carbocycles. The quantitative estimate of drug-likeness (QED) is 0.424. The fraction of sp³-hybridized carbons (Fsp3) is 0. The lowest BCUT2D eigenvalue weighted by Crippen LogP contribution is -2.10. The Morgan fingerprint density at radius 3 is 2.20 bits per heavy atom. The fourth-order valence-corrected chi connectivity index (χ4v) is 2.26. The van der Waals surface area contributed by atoms with Gasteiger partial charge in [0.25, 0.3) is 0 Å². The fourth-order valence-electron chi connectivity index (χ4n) is 0.0280. The van der Waals surface area contributed by atoms with Crippen LogP contribution in [0.25, 0.3) is 0 Å². The summed E-state index contributed by atoms with van der Waals surface area (Å²) in [5, 5.41) is 0. The van der Waals surface area contributed by atoms with Crippen molar-refractivity contribution < 1.29 is 4.80 Å². The van der Waals surface area contributed by atoms with Crippen LogP contribution in [0.5, 0.6) is 0 Å². The van der Waals surface area contributed by atoms with E-state index in [1.807, 2.05) is 0 Å². The van der Waals surface area contributed by atoms with E-state index in [0.717, 1.165) is 17.1 Å². The molecular weight excluding hydrogens is 128 g/mol. The molecule has 0 saturated carbocycles. The van der Waals surface area contributed by atoms with Gasteiger partial charge in [-0.3, -0.25) is 0 Å². The van der Waals surface area contributed by atoms with Crippen LogP contribution in [-0.4, -0.2) is 40.9 Å². The van der Waals surface area contributed by atoms with E-state index < -0.39 is 0 Å². The van der Waals surface area contributed by atoms with Crippen LogP contribution in [0.1, 0.15) is 0 Å². The molecule has 23 valence electrons. The van der Waals surface area contributed by atoms with Crippen LogP contribution in [0.4, 0.5) is 0 Å². The molecule has 0 aliphatic carbocycles. The second-order valence-electron chi connectivity index (χ2n) is 0.362. The molecule has 0 unspecified atom stereocenters. The maximum atomic E-state index is 8.08. The van der Waals surface area contributed by atoms with Crippen molar-refractivity contribution in [2.45, 2.75) is 0 Å². The van der Waals surface area contributed by atoms with Crippen molar-refractivity contribution in [1.29, 1.82) is 0 Å². The Balaban J connectivity index is 2.19. The monoisotopic (exact) mass is 129 g/mol. The molecule has 1 nitrogen and oxygen atoms in total. The van der Waals surface area contributed by atoms with Gasteiger partial charge in [0.05, 0.1) is 0 Å². The predicted molar refractivity (Wildman–Crippen MR) is 25.2 cm³/mol. The molecule has 0 fully saturated rings. The minimum atomic E-state index is 0.149. The van der Waals surface area contributed by atoms with Crippen molar-refractivity contribution in [3.05, 3.63) is 0 Å². The Morgan fingerprint density at radius 1 is 1.60 bits per heavy atom. The van der Waals surface area contributed by atoms with Crippen molar-refractivity contribution in [2.24, 2.45) is 0 Å². The van der Waals surface area contributed by atoms with Gasteiger partial charge in [-0.1, -0.05) is 0 Å². The molecular formula is HOSi4. The minimum absolute atomic E-state index is 0.149. The molecule has 0 aromatic heterocycles. The predicted octanol–water partition coefficient (Wildman–Crippen LogP) is -2.08. The molecule has 0 spiro atoms. The first-order valence-electron chi connectivity index (χ1n) is 0.974. The van der Waals surface area contributed by atoms with Crippen molar-refractivity contribution in [1.82, 2.24) is 0 Å². The maximum Gasteiger partial charge on any atom is 0.196 e. The summed E-state index contributed by atoms with van der Waals surface area (Å²) >= 11 is 0.